The van der Waals surface area contributed by atoms with Gasteiger partial charge < -0.3 is 4.74 Å². The lowest BCUT2D eigenvalue weighted by Gasteiger charge is -2.01. The first kappa shape index (κ1) is 13.5. The van der Waals surface area contributed by atoms with Crippen molar-refractivity contribution in [3.63, 3.8) is 0 Å². The predicted molar refractivity (Wildman–Crippen MR) is 62.3 cm³/mol. The fourth-order valence-corrected chi connectivity index (χ4v) is 1.47. The molecule has 14 heavy (non-hydrogen) atoms. The third-order valence-corrected chi connectivity index (χ3v) is 2.33. The molecule has 1 heteroatoms. The Bertz CT molecular complexity index is 135. The van der Waals surface area contributed by atoms with Gasteiger partial charge in [-0.15, -0.1) is 6.42 Å². The third kappa shape index (κ3) is 11.5. The van der Waals surface area contributed by atoms with E-state index in [9.17, 15) is 0 Å². The van der Waals surface area contributed by atoms with Gasteiger partial charge in [-0.2, -0.15) is 0 Å². The second kappa shape index (κ2) is 12.5. The van der Waals surface area contributed by atoms with E-state index in [1.807, 2.05) is 0 Å². The summed E-state index contributed by atoms with van der Waals surface area (Å²) in [5.41, 5.74) is 0. The summed E-state index contributed by atoms with van der Waals surface area (Å²) >= 11 is 0. The molecule has 0 aromatic carbocycles. The topological polar surface area (TPSA) is 9.23 Å². The molecule has 0 aromatic rings. The smallest absolute Gasteiger partial charge is 0.107 e. The van der Waals surface area contributed by atoms with Gasteiger partial charge in [0.15, 0.2) is 0 Å². The van der Waals surface area contributed by atoms with Crippen molar-refractivity contribution in [3.05, 3.63) is 0 Å². The van der Waals surface area contributed by atoms with Gasteiger partial charge in [0.05, 0.1) is 0 Å². The molecule has 0 aliphatic heterocycles. The van der Waals surface area contributed by atoms with Crippen molar-refractivity contribution in [2.45, 2.75) is 58.3 Å². The summed E-state index contributed by atoms with van der Waals surface area (Å²) in [6, 6.07) is 0. The minimum atomic E-state index is 0.469. The Morgan fingerprint density at radius 1 is 0.929 bits per heavy atom. The molecule has 0 heterocycles. The van der Waals surface area contributed by atoms with Crippen LogP contribution in [0.5, 0.6) is 0 Å². The number of hydrogen-bond acceptors (Lipinski definition) is 1. The first-order valence-electron chi connectivity index (χ1n) is 5.93. The van der Waals surface area contributed by atoms with Crippen LogP contribution in [0.25, 0.3) is 0 Å². The molecule has 0 amide bonds. The maximum Gasteiger partial charge on any atom is 0.107 e. The van der Waals surface area contributed by atoms with Crippen molar-refractivity contribution in [3.8, 4) is 12.3 Å². The van der Waals surface area contributed by atoms with E-state index in [2.05, 4.69) is 12.8 Å². The first-order valence-corrected chi connectivity index (χ1v) is 5.93. The molecule has 0 aliphatic carbocycles. The molecule has 82 valence electrons. The highest BCUT2D eigenvalue weighted by Crippen LogP contribution is 2.08. The zero-order valence-corrected chi connectivity index (χ0v) is 9.56. The summed E-state index contributed by atoms with van der Waals surface area (Å²) in [4.78, 5) is 0. The fourth-order valence-electron chi connectivity index (χ4n) is 1.47. The van der Waals surface area contributed by atoms with Gasteiger partial charge in [-0.25, -0.2) is 0 Å². The zero-order valence-electron chi connectivity index (χ0n) is 9.56. The van der Waals surface area contributed by atoms with Crippen molar-refractivity contribution in [2.75, 3.05) is 13.2 Å². The quantitative estimate of drug-likeness (QED) is 0.382. The maximum atomic E-state index is 5.19. The van der Waals surface area contributed by atoms with E-state index in [0.29, 0.717) is 6.61 Å². The van der Waals surface area contributed by atoms with Crippen LogP contribution in [-0.4, -0.2) is 13.2 Å². The summed E-state index contributed by atoms with van der Waals surface area (Å²) in [5, 5.41) is 0. The van der Waals surface area contributed by atoms with Crippen molar-refractivity contribution in [1.29, 1.82) is 0 Å². The molecule has 0 saturated carbocycles. The summed E-state index contributed by atoms with van der Waals surface area (Å²) in [6.07, 6.45) is 15.8. The molecule has 0 aromatic heterocycles. The van der Waals surface area contributed by atoms with Crippen molar-refractivity contribution < 1.29 is 4.74 Å². The molecule has 0 fully saturated rings. The molecule has 0 saturated heterocycles. The van der Waals surface area contributed by atoms with Gasteiger partial charge >= 0.3 is 0 Å². The average molecular weight is 196 g/mol. The lowest BCUT2D eigenvalue weighted by Crippen LogP contribution is -1.94. The maximum absolute atomic E-state index is 5.19. The fraction of sp³-hybridized carbons (Fsp3) is 0.846. The van der Waals surface area contributed by atoms with E-state index in [1.165, 1.54) is 44.9 Å². The van der Waals surface area contributed by atoms with Gasteiger partial charge in [-0.05, 0) is 6.42 Å². The molecule has 0 aliphatic rings. The van der Waals surface area contributed by atoms with Crippen LogP contribution < -0.4 is 0 Å². The van der Waals surface area contributed by atoms with E-state index in [-0.39, 0.29) is 0 Å². The Morgan fingerprint density at radius 3 is 2.07 bits per heavy atom. The van der Waals surface area contributed by atoms with E-state index in [4.69, 9.17) is 11.2 Å². The summed E-state index contributed by atoms with van der Waals surface area (Å²) in [5.74, 6) is 2.47. The van der Waals surface area contributed by atoms with Crippen molar-refractivity contribution >= 4 is 0 Å². The highest BCUT2D eigenvalue weighted by Gasteiger charge is 1.91. The van der Waals surface area contributed by atoms with Crippen LogP contribution in [0.4, 0.5) is 0 Å². The molecular formula is C13H24O. The molecule has 0 bridgehead atoms. The Balaban J connectivity index is 2.82. The minimum absolute atomic E-state index is 0.469. The summed E-state index contributed by atoms with van der Waals surface area (Å²) < 4.78 is 5.19. The summed E-state index contributed by atoms with van der Waals surface area (Å²) in [6.45, 7) is 3.55. The zero-order chi connectivity index (χ0) is 10.5. The lowest BCUT2D eigenvalue weighted by molar-refractivity contribution is 0.162. The Kier molecular flexibility index (Phi) is 12.1. The second-order valence-corrected chi connectivity index (χ2v) is 3.73. The molecule has 0 rings (SSSR count). The predicted octanol–water partition coefficient (Wildman–Crippen LogP) is 3.78. The molecule has 1 nitrogen and oxygen atoms in total. The minimum Gasteiger partial charge on any atom is -0.369 e. The largest absolute Gasteiger partial charge is 0.369 e. The second-order valence-electron chi connectivity index (χ2n) is 3.73. The molecule has 0 N–H and O–H groups in total. The van der Waals surface area contributed by atoms with E-state index >= 15 is 0 Å². The average Bonchev–Trinajstić information content (AvgIpc) is 2.21. The Labute approximate surface area is 89.2 Å². The van der Waals surface area contributed by atoms with E-state index < -0.39 is 0 Å². The van der Waals surface area contributed by atoms with Crippen LogP contribution in [0.1, 0.15) is 58.3 Å². The van der Waals surface area contributed by atoms with Crippen LogP contribution in [0.3, 0.4) is 0 Å². The number of terminal acetylenes is 1. The monoisotopic (exact) mass is 196 g/mol. The van der Waals surface area contributed by atoms with Crippen LogP contribution in [0.15, 0.2) is 0 Å². The molecule has 0 radical (unpaired) electrons. The number of rotatable bonds is 10. The van der Waals surface area contributed by atoms with Gasteiger partial charge in [0.1, 0.15) is 6.61 Å². The third-order valence-electron chi connectivity index (χ3n) is 2.33. The van der Waals surface area contributed by atoms with Gasteiger partial charge in [0, 0.05) is 6.61 Å². The highest BCUT2D eigenvalue weighted by atomic mass is 16.5. The number of ether oxygens (including phenoxy) is 1. The van der Waals surface area contributed by atoms with Crippen LogP contribution >= 0.6 is 0 Å². The van der Waals surface area contributed by atoms with Crippen molar-refractivity contribution in [2.24, 2.45) is 0 Å². The lowest BCUT2D eigenvalue weighted by atomic mass is 10.1. The standard InChI is InChI=1S/C13H24O/c1-3-5-6-7-8-9-10-11-13-14-12-4-2/h2H,3,5-13H2,1H3. The van der Waals surface area contributed by atoms with Gasteiger partial charge in [0.25, 0.3) is 0 Å². The number of unbranched alkanes of at least 4 members (excludes halogenated alkanes) is 7. The van der Waals surface area contributed by atoms with Gasteiger partial charge in [0.2, 0.25) is 0 Å². The molecule has 0 spiro atoms. The molecule has 0 atom stereocenters. The van der Waals surface area contributed by atoms with Gasteiger partial charge in [-0.3, -0.25) is 0 Å². The van der Waals surface area contributed by atoms with Crippen LogP contribution in [0, 0.1) is 12.3 Å². The highest BCUT2D eigenvalue weighted by molar-refractivity contribution is 4.82. The van der Waals surface area contributed by atoms with E-state index in [1.54, 1.807) is 0 Å². The Morgan fingerprint density at radius 2 is 1.50 bits per heavy atom. The molecular weight excluding hydrogens is 172 g/mol. The van der Waals surface area contributed by atoms with Crippen LogP contribution in [0.2, 0.25) is 0 Å². The van der Waals surface area contributed by atoms with Gasteiger partial charge in [-0.1, -0.05) is 57.8 Å². The molecule has 0 unspecified atom stereocenters. The van der Waals surface area contributed by atoms with Crippen LogP contribution in [-0.2, 0) is 4.74 Å². The normalized spacial score (nSPS) is 10.0. The Hall–Kier alpha value is -0.480. The summed E-state index contributed by atoms with van der Waals surface area (Å²) in [7, 11) is 0. The number of hydrogen-bond donors (Lipinski definition) is 0. The first-order chi connectivity index (χ1) is 6.91. The van der Waals surface area contributed by atoms with E-state index in [0.717, 1.165) is 13.0 Å². The van der Waals surface area contributed by atoms with Crippen molar-refractivity contribution in [1.82, 2.24) is 0 Å². The SMILES string of the molecule is C#CCOCCCCCCCCCC.